The highest BCUT2D eigenvalue weighted by Crippen LogP contribution is 2.15. The molecule has 1 aliphatic rings. The molecule has 1 aliphatic heterocycles. The van der Waals surface area contributed by atoms with E-state index in [4.69, 9.17) is 0 Å². The molecular weight excluding hydrogens is 261 g/mol. The topological polar surface area (TPSA) is 44.4 Å². The number of likely N-dealkylation sites (tertiary alicyclic amines) is 1. The summed E-state index contributed by atoms with van der Waals surface area (Å²) in [5.74, 6) is 0.476. The van der Waals surface area contributed by atoms with Gasteiger partial charge in [0, 0.05) is 19.0 Å². The van der Waals surface area contributed by atoms with Crippen LogP contribution in [0.4, 0.5) is 0 Å². The second-order valence-corrected chi connectivity index (χ2v) is 4.22. The zero-order chi connectivity index (χ0) is 11.1. The van der Waals surface area contributed by atoms with E-state index in [-0.39, 0.29) is 36.6 Å². The summed E-state index contributed by atoms with van der Waals surface area (Å²) in [5.41, 5.74) is 0. The molecule has 0 aromatic carbocycles. The fourth-order valence-electron chi connectivity index (χ4n) is 1.87. The smallest absolute Gasteiger partial charge is 0.223 e. The van der Waals surface area contributed by atoms with Crippen molar-refractivity contribution in [3.05, 3.63) is 0 Å². The van der Waals surface area contributed by atoms with Gasteiger partial charge in [-0.05, 0) is 39.5 Å². The molecule has 0 unspecified atom stereocenters. The summed E-state index contributed by atoms with van der Waals surface area (Å²) in [6, 6.07) is 0. The lowest BCUT2D eigenvalue weighted by Gasteiger charge is -2.28. The number of halogens is 2. The van der Waals surface area contributed by atoms with Gasteiger partial charge in [0.25, 0.3) is 0 Å². The van der Waals surface area contributed by atoms with Crippen LogP contribution in [0.25, 0.3) is 0 Å². The Hall–Kier alpha value is -0.0300. The highest BCUT2D eigenvalue weighted by atomic mass is 35.5. The number of carbonyl (C=O) groups is 1. The summed E-state index contributed by atoms with van der Waals surface area (Å²) < 4.78 is 0. The van der Waals surface area contributed by atoms with Gasteiger partial charge in [-0.3, -0.25) is 4.79 Å². The highest BCUT2D eigenvalue weighted by Gasteiger charge is 2.22. The Kier molecular flexibility index (Phi) is 12.6. The summed E-state index contributed by atoms with van der Waals surface area (Å²) >= 11 is 0. The predicted octanol–water partition coefficient (Wildman–Crippen LogP) is 0.897. The van der Waals surface area contributed by atoms with Crippen molar-refractivity contribution in [2.45, 2.75) is 19.8 Å². The summed E-state index contributed by atoms with van der Waals surface area (Å²) in [5, 5.41) is 6.17. The van der Waals surface area contributed by atoms with E-state index in [2.05, 4.69) is 29.5 Å². The number of nitrogens with zero attached hydrogens (tertiary/aromatic N) is 1. The highest BCUT2D eigenvalue weighted by molar-refractivity contribution is 5.85. The van der Waals surface area contributed by atoms with Crippen LogP contribution in [0.3, 0.4) is 0 Å². The third kappa shape index (κ3) is 7.82. The molecular formula is C11H25Cl2N3O. The lowest BCUT2D eigenvalue weighted by molar-refractivity contribution is -0.126. The molecule has 17 heavy (non-hydrogen) atoms. The quantitative estimate of drug-likeness (QED) is 0.738. The maximum Gasteiger partial charge on any atom is 0.223 e. The van der Waals surface area contributed by atoms with E-state index in [1.807, 2.05) is 0 Å². The lowest BCUT2D eigenvalue weighted by Crippen LogP contribution is -2.40. The number of amides is 1. The van der Waals surface area contributed by atoms with Crippen molar-refractivity contribution < 1.29 is 4.79 Å². The first-order valence-corrected chi connectivity index (χ1v) is 5.91. The Morgan fingerprint density at radius 2 is 1.82 bits per heavy atom. The van der Waals surface area contributed by atoms with Crippen LogP contribution in [0, 0.1) is 5.92 Å². The number of nitrogens with one attached hydrogen (secondary N) is 2. The lowest BCUT2D eigenvalue weighted by atomic mass is 9.96. The first-order chi connectivity index (χ1) is 7.24. The van der Waals surface area contributed by atoms with Crippen molar-refractivity contribution in [1.82, 2.24) is 15.5 Å². The van der Waals surface area contributed by atoms with Gasteiger partial charge in [-0.25, -0.2) is 0 Å². The number of carbonyl (C=O) groups excluding carboxylic acids is 1. The Morgan fingerprint density at radius 3 is 2.35 bits per heavy atom. The second kappa shape index (κ2) is 11.1. The largest absolute Gasteiger partial charge is 0.355 e. The molecule has 4 nitrogen and oxygen atoms in total. The summed E-state index contributed by atoms with van der Waals surface area (Å²) in [6.45, 7) is 6.74. The van der Waals surface area contributed by atoms with Crippen LogP contribution < -0.4 is 10.6 Å². The zero-order valence-corrected chi connectivity index (χ0v) is 12.3. The van der Waals surface area contributed by atoms with E-state index in [0.717, 1.165) is 45.6 Å². The molecule has 0 radical (unpaired) electrons. The third-order valence-corrected chi connectivity index (χ3v) is 2.94. The minimum Gasteiger partial charge on any atom is -0.355 e. The van der Waals surface area contributed by atoms with Crippen LogP contribution in [0.1, 0.15) is 19.8 Å². The van der Waals surface area contributed by atoms with Crippen molar-refractivity contribution in [3.8, 4) is 0 Å². The van der Waals surface area contributed by atoms with E-state index in [9.17, 15) is 4.79 Å². The summed E-state index contributed by atoms with van der Waals surface area (Å²) in [6.07, 6.45) is 2.01. The molecule has 1 heterocycles. The number of likely N-dealkylation sites (N-methyl/N-ethyl adjacent to an activating group) is 1. The van der Waals surface area contributed by atoms with Crippen molar-refractivity contribution in [3.63, 3.8) is 0 Å². The number of piperidine rings is 1. The average Bonchev–Trinajstić information content (AvgIpc) is 2.25. The predicted molar refractivity (Wildman–Crippen MR) is 76.3 cm³/mol. The Bertz CT molecular complexity index is 197. The SMILES string of the molecule is CCNCCNC(=O)C1CCN(C)CC1.Cl.Cl. The number of hydrogen-bond donors (Lipinski definition) is 2. The fraction of sp³-hybridized carbons (Fsp3) is 0.909. The molecule has 0 bridgehead atoms. The van der Waals surface area contributed by atoms with Gasteiger partial charge in [0.15, 0.2) is 0 Å². The summed E-state index contributed by atoms with van der Waals surface area (Å²) in [7, 11) is 2.11. The second-order valence-electron chi connectivity index (χ2n) is 4.22. The molecule has 6 heteroatoms. The average molecular weight is 286 g/mol. The zero-order valence-electron chi connectivity index (χ0n) is 10.7. The van der Waals surface area contributed by atoms with E-state index < -0.39 is 0 Å². The van der Waals surface area contributed by atoms with Gasteiger partial charge < -0.3 is 15.5 Å². The minimum absolute atomic E-state index is 0. The van der Waals surface area contributed by atoms with Crippen molar-refractivity contribution in [2.24, 2.45) is 5.92 Å². The molecule has 0 aliphatic carbocycles. The van der Waals surface area contributed by atoms with E-state index in [1.54, 1.807) is 0 Å². The molecule has 0 aromatic heterocycles. The van der Waals surface area contributed by atoms with Crippen LogP contribution in [-0.2, 0) is 4.79 Å². The van der Waals surface area contributed by atoms with Gasteiger partial charge >= 0.3 is 0 Å². The molecule has 1 rings (SSSR count). The minimum atomic E-state index is 0. The molecule has 0 aromatic rings. The van der Waals surface area contributed by atoms with Gasteiger partial charge in [-0.1, -0.05) is 6.92 Å². The van der Waals surface area contributed by atoms with Crippen LogP contribution >= 0.6 is 24.8 Å². The number of rotatable bonds is 5. The Balaban J connectivity index is 0. The monoisotopic (exact) mass is 285 g/mol. The molecule has 0 spiro atoms. The van der Waals surface area contributed by atoms with Crippen molar-refractivity contribution in [1.29, 1.82) is 0 Å². The van der Waals surface area contributed by atoms with Crippen LogP contribution in [0.5, 0.6) is 0 Å². The van der Waals surface area contributed by atoms with E-state index >= 15 is 0 Å². The van der Waals surface area contributed by atoms with Gasteiger partial charge in [0.05, 0.1) is 0 Å². The normalized spacial score (nSPS) is 16.8. The van der Waals surface area contributed by atoms with Gasteiger partial charge in [0.1, 0.15) is 0 Å². The maximum atomic E-state index is 11.7. The molecule has 0 saturated carbocycles. The Morgan fingerprint density at radius 1 is 1.24 bits per heavy atom. The van der Waals surface area contributed by atoms with Crippen LogP contribution in [-0.4, -0.2) is 50.6 Å². The molecule has 2 N–H and O–H groups in total. The van der Waals surface area contributed by atoms with Crippen LogP contribution in [0.2, 0.25) is 0 Å². The third-order valence-electron chi connectivity index (χ3n) is 2.94. The van der Waals surface area contributed by atoms with Crippen molar-refractivity contribution >= 4 is 30.7 Å². The first kappa shape index (κ1) is 19.3. The van der Waals surface area contributed by atoms with E-state index in [0.29, 0.717) is 0 Å². The number of hydrogen-bond acceptors (Lipinski definition) is 3. The standard InChI is InChI=1S/C11H23N3O.2ClH/c1-3-12-6-7-13-11(15)10-4-8-14(2)9-5-10;;/h10,12H,3-9H2,1-2H3,(H,13,15);2*1H. The molecule has 0 atom stereocenters. The maximum absolute atomic E-state index is 11.7. The summed E-state index contributed by atoms with van der Waals surface area (Å²) in [4.78, 5) is 14.0. The van der Waals surface area contributed by atoms with E-state index in [1.165, 1.54) is 0 Å². The molecule has 1 amide bonds. The van der Waals surface area contributed by atoms with Gasteiger partial charge in [-0.15, -0.1) is 24.8 Å². The Labute approximate surface area is 117 Å². The van der Waals surface area contributed by atoms with Crippen LogP contribution in [0.15, 0.2) is 0 Å². The molecule has 104 valence electrons. The van der Waals surface area contributed by atoms with Crippen molar-refractivity contribution in [2.75, 3.05) is 39.8 Å². The molecule has 1 fully saturated rings. The molecule has 1 saturated heterocycles. The first-order valence-electron chi connectivity index (χ1n) is 5.91. The fourth-order valence-corrected chi connectivity index (χ4v) is 1.87. The van der Waals surface area contributed by atoms with Gasteiger partial charge in [0.2, 0.25) is 5.91 Å². The van der Waals surface area contributed by atoms with Gasteiger partial charge in [-0.2, -0.15) is 0 Å².